The molecule has 0 unspecified atom stereocenters. The molecule has 0 N–H and O–H groups in total. The molecule has 1 fully saturated rings. The Morgan fingerprint density at radius 1 is 1.00 bits per heavy atom. The lowest BCUT2D eigenvalue weighted by Gasteiger charge is -2.49. The van der Waals surface area contributed by atoms with Gasteiger partial charge in [-0.2, -0.15) is 0 Å². The zero-order valence-electron chi connectivity index (χ0n) is 9.96. The number of likely N-dealkylation sites (N-methyl/N-ethyl adjacent to an activating group) is 1. The normalized spacial score (nSPS) is 33.7. The second-order valence-electron chi connectivity index (χ2n) is 5.33. The average molecular weight is 184 g/mol. The van der Waals surface area contributed by atoms with Crippen molar-refractivity contribution in [2.45, 2.75) is 52.2 Å². The number of nitrogens with zero attached hydrogens (tertiary/aromatic N) is 2. The monoisotopic (exact) mass is 184 g/mol. The molecule has 2 atom stereocenters. The van der Waals surface area contributed by atoms with E-state index >= 15 is 0 Å². The molecule has 0 aliphatic carbocycles. The van der Waals surface area contributed by atoms with E-state index in [-0.39, 0.29) is 0 Å². The van der Waals surface area contributed by atoms with Gasteiger partial charge in [0.25, 0.3) is 0 Å². The summed E-state index contributed by atoms with van der Waals surface area (Å²) in [4.78, 5) is 5.06. The summed E-state index contributed by atoms with van der Waals surface area (Å²) in [7, 11) is 2.22. The van der Waals surface area contributed by atoms with E-state index in [4.69, 9.17) is 0 Å². The molecule has 0 bridgehead atoms. The van der Waals surface area contributed by atoms with E-state index in [1.807, 2.05) is 0 Å². The summed E-state index contributed by atoms with van der Waals surface area (Å²) in [5.74, 6) is 0. The van der Waals surface area contributed by atoms with Crippen molar-refractivity contribution in [2.24, 2.45) is 0 Å². The SMILES string of the molecule is C[C@@H]1[C@H](C)N(C)CCN1C(C)(C)C. The predicted octanol–water partition coefficient (Wildman–Crippen LogP) is 1.81. The third kappa shape index (κ3) is 2.23. The van der Waals surface area contributed by atoms with Crippen LogP contribution in [0.15, 0.2) is 0 Å². The number of piperazine rings is 1. The fraction of sp³-hybridized carbons (Fsp3) is 1.00. The first-order chi connectivity index (χ1) is 5.84. The minimum Gasteiger partial charge on any atom is -0.301 e. The van der Waals surface area contributed by atoms with Crippen molar-refractivity contribution in [3.63, 3.8) is 0 Å². The van der Waals surface area contributed by atoms with Gasteiger partial charge in [-0.1, -0.05) is 0 Å². The van der Waals surface area contributed by atoms with Gasteiger partial charge >= 0.3 is 0 Å². The van der Waals surface area contributed by atoms with Crippen LogP contribution in [0.3, 0.4) is 0 Å². The Bertz CT molecular complexity index is 171. The first kappa shape index (κ1) is 11.0. The molecule has 1 aliphatic heterocycles. The van der Waals surface area contributed by atoms with Crippen LogP contribution in [0.25, 0.3) is 0 Å². The molecule has 1 rings (SSSR count). The Labute approximate surface area is 82.9 Å². The minimum atomic E-state index is 0.314. The third-order valence-electron chi connectivity index (χ3n) is 3.44. The van der Waals surface area contributed by atoms with E-state index in [0.29, 0.717) is 17.6 Å². The molecule has 2 nitrogen and oxygen atoms in total. The van der Waals surface area contributed by atoms with Gasteiger partial charge < -0.3 is 4.90 Å². The van der Waals surface area contributed by atoms with Gasteiger partial charge in [-0.05, 0) is 41.7 Å². The van der Waals surface area contributed by atoms with Crippen LogP contribution in [-0.4, -0.2) is 47.6 Å². The second kappa shape index (κ2) is 3.58. The van der Waals surface area contributed by atoms with Crippen LogP contribution in [0, 0.1) is 0 Å². The third-order valence-corrected chi connectivity index (χ3v) is 3.44. The van der Waals surface area contributed by atoms with Crippen molar-refractivity contribution >= 4 is 0 Å². The van der Waals surface area contributed by atoms with Crippen LogP contribution >= 0.6 is 0 Å². The van der Waals surface area contributed by atoms with Gasteiger partial charge in [0.05, 0.1) is 0 Å². The molecule has 0 aromatic carbocycles. The lowest BCUT2D eigenvalue weighted by atomic mass is 9.97. The molecule has 0 aromatic rings. The fourth-order valence-corrected chi connectivity index (χ4v) is 2.25. The molecule has 1 heterocycles. The molecule has 2 heteroatoms. The second-order valence-corrected chi connectivity index (χ2v) is 5.33. The molecule has 78 valence electrons. The van der Waals surface area contributed by atoms with Crippen molar-refractivity contribution in [3.8, 4) is 0 Å². The Hall–Kier alpha value is -0.0800. The van der Waals surface area contributed by atoms with E-state index in [2.05, 4.69) is 51.5 Å². The maximum atomic E-state index is 2.61. The van der Waals surface area contributed by atoms with Crippen molar-refractivity contribution < 1.29 is 0 Å². The van der Waals surface area contributed by atoms with Gasteiger partial charge in [-0.15, -0.1) is 0 Å². The van der Waals surface area contributed by atoms with Gasteiger partial charge in [0.1, 0.15) is 0 Å². The quantitative estimate of drug-likeness (QED) is 0.566. The topological polar surface area (TPSA) is 6.48 Å². The zero-order valence-corrected chi connectivity index (χ0v) is 9.96. The summed E-state index contributed by atoms with van der Waals surface area (Å²) in [6, 6.07) is 1.34. The number of hydrogen-bond donors (Lipinski definition) is 0. The summed E-state index contributed by atoms with van der Waals surface area (Å²) in [5.41, 5.74) is 0.314. The van der Waals surface area contributed by atoms with Crippen molar-refractivity contribution in [1.82, 2.24) is 9.80 Å². The van der Waals surface area contributed by atoms with E-state index in [1.165, 1.54) is 13.1 Å². The summed E-state index contributed by atoms with van der Waals surface area (Å²) >= 11 is 0. The first-order valence-electron chi connectivity index (χ1n) is 5.31. The highest BCUT2D eigenvalue weighted by Crippen LogP contribution is 2.23. The van der Waals surface area contributed by atoms with E-state index in [9.17, 15) is 0 Å². The lowest BCUT2D eigenvalue weighted by Crippen LogP contribution is -2.61. The maximum Gasteiger partial charge on any atom is 0.0226 e. The smallest absolute Gasteiger partial charge is 0.0226 e. The summed E-state index contributed by atoms with van der Waals surface area (Å²) in [6.45, 7) is 14.0. The number of hydrogen-bond acceptors (Lipinski definition) is 2. The van der Waals surface area contributed by atoms with Gasteiger partial charge in [-0.3, -0.25) is 4.90 Å². The molecular weight excluding hydrogens is 160 g/mol. The van der Waals surface area contributed by atoms with Crippen molar-refractivity contribution in [1.29, 1.82) is 0 Å². The summed E-state index contributed by atoms with van der Waals surface area (Å²) < 4.78 is 0. The largest absolute Gasteiger partial charge is 0.301 e. The Morgan fingerprint density at radius 2 is 1.54 bits per heavy atom. The molecular formula is C11H24N2. The van der Waals surface area contributed by atoms with Crippen molar-refractivity contribution in [2.75, 3.05) is 20.1 Å². The number of rotatable bonds is 0. The molecule has 1 saturated heterocycles. The summed E-state index contributed by atoms with van der Waals surface area (Å²) in [6.07, 6.45) is 0. The van der Waals surface area contributed by atoms with Gasteiger partial charge in [0.2, 0.25) is 0 Å². The molecule has 0 aromatic heterocycles. The highest BCUT2D eigenvalue weighted by atomic mass is 15.3. The van der Waals surface area contributed by atoms with Crippen LogP contribution < -0.4 is 0 Å². The highest BCUT2D eigenvalue weighted by Gasteiger charge is 2.34. The van der Waals surface area contributed by atoms with Gasteiger partial charge in [-0.25, -0.2) is 0 Å². The molecule has 1 aliphatic rings. The zero-order chi connectivity index (χ0) is 10.2. The van der Waals surface area contributed by atoms with Gasteiger partial charge in [0.15, 0.2) is 0 Å². The van der Waals surface area contributed by atoms with E-state index in [1.54, 1.807) is 0 Å². The first-order valence-corrected chi connectivity index (χ1v) is 5.31. The maximum absolute atomic E-state index is 2.61. The van der Waals surface area contributed by atoms with Crippen LogP contribution in [0.2, 0.25) is 0 Å². The van der Waals surface area contributed by atoms with E-state index < -0.39 is 0 Å². The standard InChI is InChI=1S/C11H24N2/c1-9-10(2)13(11(3,4)5)8-7-12(9)6/h9-10H,7-8H2,1-6H3/t9-,10+/m0/s1. The molecule has 13 heavy (non-hydrogen) atoms. The molecule has 0 amide bonds. The van der Waals surface area contributed by atoms with Gasteiger partial charge in [0, 0.05) is 30.7 Å². The Kier molecular flexibility index (Phi) is 3.03. The molecule has 0 radical (unpaired) electrons. The van der Waals surface area contributed by atoms with Crippen LogP contribution in [0.5, 0.6) is 0 Å². The summed E-state index contributed by atoms with van der Waals surface area (Å²) in [5, 5.41) is 0. The fourth-order valence-electron chi connectivity index (χ4n) is 2.25. The lowest BCUT2D eigenvalue weighted by molar-refractivity contribution is -0.00568. The van der Waals surface area contributed by atoms with E-state index in [0.717, 1.165) is 0 Å². The Morgan fingerprint density at radius 3 is 2.00 bits per heavy atom. The molecule has 0 saturated carbocycles. The molecule has 0 spiro atoms. The van der Waals surface area contributed by atoms with Crippen LogP contribution in [-0.2, 0) is 0 Å². The van der Waals surface area contributed by atoms with Crippen LogP contribution in [0.4, 0.5) is 0 Å². The van der Waals surface area contributed by atoms with Crippen LogP contribution in [0.1, 0.15) is 34.6 Å². The average Bonchev–Trinajstić information content (AvgIpc) is 1.98. The Balaban J connectivity index is 2.70. The highest BCUT2D eigenvalue weighted by molar-refractivity contribution is 4.90. The minimum absolute atomic E-state index is 0.314. The van der Waals surface area contributed by atoms with Crippen molar-refractivity contribution in [3.05, 3.63) is 0 Å². The predicted molar refractivity (Wildman–Crippen MR) is 58.0 cm³/mol.